The first-order valence-corrected chi connectivity index (χ1v) is 15.7. The van der Waals surface area contributed by atoms with E-state index in [1.54, 1.807) is 49.1 Å². The number of nitrogens with one attached hydrogen (secondary N) is 1. The molecule has 1 aliphatic carbocycles. The summed E-state index contributed by atoms with van der Waals surface area (Å²) >= 11 is 0. The van der Waals surface area contributed by atoms with Crippen molar-refractivity contribution in [2.75, 3.05) is 45.2 Å². The van der Waals surface area contributed by atoms with E-state index in [2.05, 4.69) is 11.9 Å². The maximum atomic E-state index is 13.4. The SMILES string of the molecule is C=C1C[C@H]2C(O)N(C(=O)OCc3ccc(NC=O)cc3)c3cc(OC)c(OC)cc3C(=O)N2C1.COCc1cc2c(n1C)C(=O)C=C(OC)C2=O. The number of Topliss-reactive ketones (excluding diaryl/α,β-unsaturated/α-hetero) is 1. The molecule has 0 spiro atoms. The summed E-state index contributed by atoms with van der Waals surface area (Å²) < 4.78 is 27.8. The Morgan fingerprint density at radius 3 is 2.29 bits per heavy atom. The number of aromatic nitrogens is 1. The van der Waals surface area contributed by atoms with Gasteiger partial charge in [-0.25, -0.2) is 9.69 Å². The quantitative estimate of drug-likeness (QED) is 0.246. The van der Waals surface area contributed by atoms with Gasteiger partial charge in [0, 0.05) is 44.2 Å². The summed E-state index contributed by atoms with van der Waals surface area (Å²) in [5, 5.41) is 13.8. The van der Waals surface area contributed by atoms with Gasteiger partial charge in [-0.15, -0.1) is 0 Å². The number of hydrogen-bond donors (Lipinski definition) is 2. The maximum absolute atomic E-state index is 13.4. The van der Waals surface area contributed by atoms with Crippen LogP contribution in [0.3, 0.4) is 0 Å². The lowest BCUT2D eigenvalue weighted by Crippen LogP contribution is -2.50. The predicted molar refractivity (Wildman–Crippen MR) is 183 cm³/mol. The molecule has 2 N–H and O–H groups in total. The van der Waals surface area contributed by atoms with E-state index in [4.69, 9.17) is 23.7 Å². The fourth-order valence-corrected chi connectivity index (χ4v) is 6.16. The van der Waals surface area contributed by atoms with Crippen LogP contribution < -0.4 is 19.7 Å². The minimum absolute atomic E-state index is 0.0806. The number of rotatable bonds is 9. The zero-order valence-electron chi connectivity index (χ0n) is 28.8. The van der Waals surface area contributed by atoms with Crippen molar-refractivity contribution < 1.29 is 52.8 Å². The van der Waals surface area contributed by atoms with Gasteiger partial charge in [-0.2, -0.15) is 0 Å². The average Bonchev–Trinajstić information content (AvgIpc) is 3.67. The summed E-state index contributed by atoms with van der Waals surface area (Å²) in [6, 6.07) is 10.7. The van der Waals surface area contributed by atoms with Gasteiger partial charge in [0.25, 0.3) is 5.91 Å². The molecule has 3 heterocycles. The topological polar surface area (TPSA) is 175 Å². The van der Waals surface area contributed by atoms with Gasteiger partial charge >= 0.3 is 6.09 Å². The van der Waals surface area contributed by atoms with Crippen molar-refractivity contribution in [1.29, 1.82) is 0 Å². The van der Waals surface area contributed by atoms with E-state index < -0.39 is 18.4 Å². The third-order valence-corrected chi connectivity index (χ3v) is 8.70. The number of ether oxygens (including phenoxy) is 5. The molecule has 3 amide bonds. The number of amides is 3. The molecule has 1 fully saturated rings. The zero-order chi connectivity index (χ0) is 37.0. The van der Waals surface area contributed by atoms with E-state index in [1.165, 1.54) is 44.4 Å². The number of nitrogens with zero attached hydrogens (tertiary/aromatic N) is 3. The van der Waals surface area contributed by atoms with Gasteiger partial charge in [0.2, 0.25) is 18.0 Å². The number of carbonyl (C=O) groups excluding carboxylic acids is 5. The lowest BCUT2D eigenvalue weighted by Gasteiger charge is -2.31. The molecule has 1 aromatic heterocycles. The third kappa shape index (κ3) is 7.07. The Balaban J connectivity index is 0.000000248. The Bertz CT molecular complexity index is 1910. The molecule has 3 aromatic rings. The minimum atomic E-state index is -1.37. The number of ketones is 2. The highest BCUT2D eigenvalue weighted by atomic mass is 16.6. The normalized spacial score (nSPS) is 17.6. The highest BCUT2D eigenvalue weighted by Gasteiger charge is 2.46. The first kappa shape index (κ1) is 36.4. The summed E-state index contributed by atoms with van der Waals surface area (Å²) in [6.07, 6.45) is -0.0538. The van der Waals surface area contributed by atoms with E-state index >= 15 is 0 Å². The highest BCUT2D eigenvalue weighted by Crippen LogP contribution is 2.41. The summed E-state index contributed by atoms with van der Waals surface area (Å²) in [6.45, 7) is 4.50. The van der Waals surface area contributed by atoms with Crippen molar-refractivity contribution in [3.05, 3.63) is 94.5 Å². The number of aliphatic hydroxyl groups excluding tert-OH is 1. The Hall–Kier alpha value is -5.93. The van der Waals surface area contributed by atoms with Crippen molar-refractivity contribution in [3.8, 4) is 11.5 Å². The molecule has 0 radical (unpaired) electrons. The largest absolute Gasteiger partial charge is 0.493 e. The van der Waals surface area contributed by atoms with Crippen molar-refractivity contribution in [2.45, 2.75) is 31.9 Å². The average molecular weight is 703 g/mol. The van der Waals surface area contributed by atoms with Crippen molar-refractivity contribution in [2.24, 2.45) is 7.05 Å². The van der Waals surface area contributed by atoms with Gasteiger partial charge in [-0.05, 0) is 36.2 Å². The molecule has 3 aliphatic rings. The number of aliphatic hydroxyl groups is 1. The number of fused-ring (bicyclic) bond motifs is 3. The zero-order valence-corrected chi connectivity index (χ0v) is 28.8. The van der Waals surface area contributed by atoms with Gasteiger partial charge in [0.15, 0.2) is 23.5 Å². The van der Waals surface area contributed by atoms with Crippen LogP contribution in [0.2, 0.25) is 0 Å². The fraction of sp³-hybridized carbons (Fsp3) is 0.306. The molecular weight excluding hydrogens is 664 g/mol. The molecule has 15 nitrogen and oxygen atoms in total. The Morgan fingerprint density at radius 2 is 1.67 bits per heavy atom. The number of carbonyl (C=O) groups is 5. The molecule has 0 bridgehead atoms. The molecule has 1 saturated heterocycles. The van der Waals surface area contributed by atoms with Crippen LogP contribution >= 0.6 is 0 Å². The summed E-state index contributed by atoms with van der Waals surface area (Å²) in [7, 11) is 7.56. The van der Waals surface area contributed by atoms with Crippen LogP contribution in [0.15, 0.2) is 66.5 Å². The van der Waals surface area contributed by atoms with Crippen molar-refractivity contribution in [3.63, 3.8) is 0 Å². The van der Waals surface area contributed by atoms with E-state index in [0.717, 1.165) is 16.2 Å². The van der Waals surface area contributed by atoms with Crippen LogP contribution in [0, 0.1) is 0 Å². The van der Waals surface area contributed by atoms with Gasteiger partial charge in [0.1, 0.15) is 12.3 Å². The smallest absolute Gasteiger partial charge is 0.416 e. The highest BCUT2D eigenvalue weighted by molar-refractivity contribution is 6.23. The molecular formula is C36H38N4O11. The number of allylic oxidation sites excluding steroid dienone is 2. The maximum Gasteiger partial charge on any atom is 0.416 e. The number of anilines is 2. The molecule has 268 valence electrons. The molecule has 2 atom stereocenters. The molecule has 2 aromatic carbocycles. The standard InChI is InChI=1S/C24H25N3O7.C12H13NO4/c1-14-8-19-23(30)27(24(31)34-12-15-4-6-16(7-5-15)25-13-28)18-10-21(33-3)20(32-2)9-17(18)22(29)26(19)11-14;1-13-7(6-16-2)4-8-11(13)9(14)5-10(17-3)12(8)15/h4-7,9-10,13,19,23,30H,1,8,11-12H2,2-3H3,(H,25,28);4-5H,6H2,1-3H3/t19-,23?;/m0./s1. The van der Waals surface area contributed by atoms with E-state index in [9.17, 15) is 29.1 Å². The summed E-state index contributed by atoms with van der Waals surface area (Å²) in [5.41, 5.74) is 3.94. The van der Waals surface area contributed by atoms with Gasteiger partial charge in [0.05, 0.1) is 50.8 Å². The van der Waals surface area contributed by atoms with Crippen molar-refractivity contribution in [1.82, 2.24) is 9.47 Å². The van der Waals surface area contributed by atoms with Crippen LogP contribution in [0.1, 0.15) is 48.9 Å². The monoisotopic (exact) mass is 702 g/mol. The molecule has 0 saturated carbocycles. The van der Waals surface area contributed by atoms with E-state index in [0.29, 0.717) is 53.4 Å². The number of benzene rings is 2. The van der Waals surface area contributed by atoms with Crippen LogP contribution in [0.4, 0.5) is 16.2 Å². The summed E-state index contributed by atoms with van der Waals surface area (Å²) in [4.78, 5) is 63.6. The Kier molecular flexibility index (Phi) is 10.9. The molecule has 15 heteroatoms. The summed E-state index contributed by atoms with van der Waals surface area (Å²) in [5.74, 6) is -0.146. The van der Waals surface area contributed by atoms with E-state index in [1.807, 2.05) is 0 Å². The fourth-order valence-electron chi connectivity index (χ4n) is 6.16. The molecule has 1 unspecified atom stereocenters. The van der Waals surface area contributed by atoms with Gasteiger partial charge in [-0.3, -0.25) is 19.2 Å². The van der Waals surface area contributed by atoms with E-state index in [-0.39, 0.29) is 47.6 Å². The van der Waals surface area contributed by atoms with Crippen LogP contribution in [0.5, 0.6) is 11.5 Å². The van der Waals surface area contributed by atoms with Crippen LogP contribution in [0.25, 0.3) is 0 Å². The second-order valence-electron chi connectivity index (χ2n) is 11.8. The first-order valence-electron chi connectivity index (χ1n) is 15.7. The first-order chi connectivity index (χ1) is 24.5. The molecule has 2 aliphatic heterocycles. The van der Waals surface area contributed by atoms with Gasteiger partial charge < -0.3 is 43.6 Å². The number of methoxy groups -OCH3 is 4. The lowest BCUT2D eigenvalue weighted by atomic mass is 10.0. The van der Waals surface area contributed by atoms with Gasteiger partial charge in [-0.1, -0.05) is 24.3 Å². The Morgan fingerprint density at radius 1 is 0.980 bits per heavy atom. The van der Waals surface area contributed by atoms with Crippen molar-refractivity contribution >= 4 is 41.4 Å². The second-order valence-corrected chi connectivity index (χ2v) is 11.8. The van der Waals surface area contributed by atoms with Crippen LogP contribution in [-0.2, 0) is 39.3 Å². The van der Waals surface area contributed by atoms with Crippen LogP contribution in [-0.4, -0.2) is 91.8 Å². The molecule has 51 heavy (non-hydrogen) atoms. The lowest BCUT2D eigenvalue weighted by molar-refractivity contribution is -0.105. The Labute approximate surface area is 293 Å². The minimum Gasteiger partial charge on any atom is -0.493 e. The second kappa shape index (κ2) is 15.3. The number of hydrogen-bond acceptors (Lipinski definition) is 11. The third-order valence-electron chi connectivity index (χ3n) is 8.70. The predicted octanol–water partition coefficient (Wildman–Crippen LogP) is 3.60. The molecule has 6 rings (SSSR count).